The van der Waals surface area contributed by atoms with Crippen LogP contribution >= 0.6 is 22.9 Å². The molecule has 0 aliphatic carbocycles. The fraction of sp³-hybridized carbons (Fsp3) is 0.538. The lowest BCUT2D eigenvalue weighted by Crippen LogP contribution is -2.23. The van der Waals surface area contributed by atoms with Crippen LogP contribution in [0.25, 0.3) is 0 Å². The second-order valence-corrected chi connectivity index (χ2v) is 5.84. The fourth-order valence-electron chi connectivity index (χ4n) is 1.93. The van der Waals surface area contributed by atoms with Gasteiger partial charge in [-0.05, 0) is 53.3 Å². The zero-order chi connectivity index (χ0) is 12.8. The van der Waals surface area contributed by atoms with E-state index in [1.54, 1.807) is 11.3 Å². The molecule has 0 saturated heterocycles. The van der Waals surface area contributed by atoms with Gasteiger partial charge >= 0.3 is 0 Å². The normalized spacial score (nSPS) is 12.8. The molecule has 2 aromatic rings. The van der Waals surface area contributed by atoms with E-state index in [1.165, 1.54) is 22.0 Å². The molecule has 0 bridgehead atoms. The SMILES string of the molecule is CCCNC(c1ccsc1)c1snnc1CCC. The quantitative estimate of drug-likeness (QED) is 0.842. The van der Waals surface area contributed by atoms with Crippen LogP contribution in [-0.2, 0) is 6.42 Å². The van der Waals surface area contributed by atoms with Crippen LogP contribution in [0.15, 0.2) is 16.8 Å². The molecule has 0 aromatic carbocycles. The van der Waals surface area contributed by atoms with E-state index < -0.39 is 0 Å². The van der Waals surface area contributed by atoms with E-state index in [2.05, 4.69) is 45.6 Å². The van der Waals surface area contributed by atoms with Crippen LogP contribution in [0.2, 0.25) is 0 Å². The molecule has 2 heterocycles. The fourth-order valence-corrected chi connectivity index (χ4v) is 3.42. The van der Waals surface area contributed by atoms with E-state index in [4.69, 9.17) is 0 Å². The van der Waals surface area contributed by atoms with Gasteiger partial charge in [-0.1, -0.05) is 24.8 Å². The Morgan fingerprint density at radius 3 is 2.89 bits per heavy atom. The summed E-state index contributed by atoms with van der Waals surface area (Å²) in [6.07, 6.45) is 3.26. The van der Waals surface area contributed by atoms with Crippen molar-refractivity contribution in [2.75, 3.05) is 6.54 Å². The third-order valence-corrected chi connectivity index (χ3v) is 4.34. The third-order valence-electron chi connectivity index (χ3n) is 2.81. The molecule has 0 amide bonds. The van der Waals surface area contributed by atoms with E-state index in [0.717, 1.165) is 31.5 Å². The van der Waals surface area contributed by atoms with Gasteiger partial charge in [-0.25, -0.2) is 0 Å². The number of thiophene rings is 1. The van der Waals surface area contributed by atoms with Crippen LogP contribution in [0.4, 0.5) is 0 Å². The zero-order valence-electron chi connectivity index (χ0n) is 10.8. The van der Waals surface area contributed by atoms with Gasteiger partial charge in [0.2, 0.25) is 0 Å². The molecule has 0 aliphatic rings. The van der Waals surface area contributed by atoms with Gasteiger partial charge in [0.05, 0.1) is 16.6 Å². The average molecular weight is 281 g/mol. The van der Waals surface area contributed by atoms with Crippen molar-refractivity contribution in [3.63, 3.8) is 0 Å². The van der Waals surface area contributed by atoms with Crippen molar-refractivity contribution in [2.45, 2.75) is 39.2 Å². The summed E-state index contributed by atoms with van der Waals surface area (Å²) < 4.78 is 4.13. The Kier molecular flexibility index (Phi) is 5.28. The molecule has 1 unspecified atom stereocenters. The Hall–Kier alpha value is -0.780. The number of aromatic nitrogens is 2. The van der Waals surface area contributed by atoms with Gasteiger partial charge in [0.15, 0.2) is 0 Å². The summed E-state index contributed by atoms with van der Waals surface area (Å²) in [5.74, 6) is 0. The standard InChI is InChI=1S/C13H19N3S2/c1-3-5-11-13(18-16-15-11)12(14-7-4-2)10-6-8-17-9-10/h6,8-9,12,14H,3-5,7H2,1-2H3. The maximum absolute atomic E-state index is 4.28. The van der Waals surface area contributed by atoms with Crippen LogP contribution in [0.1, 0.15) is 48.9 Å². The summed E-state index contributed by atoms with van der Waals surface area (Å²) in [7, 11) is 0. The minimum atomic E-state index is 0.262. The number of nitrogens with zero attached hydrogens (tertiary/aromatic N) is 2. The smallest absolute Gasteiger partial charge is 0.0807 e. The number of nitrogens with one attached hydrogen (secondary N) is 1. The Bertz CT molecular complexity index is 451. The molecule has 2 rings (SSSR count). The van der Waals surface area contributed by atoms with Gasteiger partial charge in [-0.3, -0.25) is 0 Å². The molecule has 98 valence electrons. The molecule has 1 N–H and O–H groups in total. The summed E-state index contributed by atoms with van der Waals surface area (Å²) in [4.78, 5) is 1.28. The lowest BCUT2D eigenvalue weighted by molar-refractivity contribution is 0.601. The Labute approximate surface area is 116 Å². The van der Waals surface area contributed by atoms with E-state index in [1.807, 2.05) is 0 Å². The highest BCUT2D eigenvalue weighted by molar-refractivity contribution is 7.08. The van der Waals surface area contributed by atoms with Gasteiger partial charge in [0.25, 0.3) is 0 Å². The minimum Gasteiger partial charge on any atom is -0.305 e. The minimum absolute atomic E-state index is 0.262. The van der Waals surface area contributed by atoms with Gasteiger partial charge in [-0.15, -0.1) is 5.10 Å². The van der Waals surface area contributed by atoms with Crippen LogP contribution in [0.3, 0.4) is 0 Å². The molecule has 1 atom stereocenters. The third kappa shape index (κ3) is 3.16. The highest BCUT2D eigenvalue weighted by Crippen LogP contribution is 2.29. The molecule has 3 nitrogen and oxygen atoms in total. The predicted molar refractivity (Wildman–Crippen MR) is 78.4 cm³/mol. The first kappa shape index (κ1) is 13.6. The first-order valence-corrected chi connectivity index (χ1v) is 8.15. The summed E-state index contributed by atoms with van der Waals surface area (Å²) in [6.45, 7) is 5.39. The second-order valence-electron chi connectivity index (χ2n) is 4.28. The Balaban J connectivity index is 2.24. The number of aryl methyl sites for hydroxylation is 1. The monoisotopic (exact) mass is 281 g/mol. The van der Waals surface area contributed by atoms with Gasteiger partial charge in [0, 0.05) is 0 Å². The largest absolute Gasteiger partial charge is 0.305 e. The molecule has 2 aromatic heterocycles. The van der Waals surface area contributed by atoms with E-state index >= 15 is 0 Å². The lowest BCUT2D eigenvalue weighted by Gasteiger charge is -2.16. The van der Waals surface area contributed by atoms with E-state index in [-0.39, 0.29) is 6.04 Å². The lowest BCUT2D eigenvalue weighted by atomic mass is 10.1. The molecule has 0 radical (unpaired) electrons. The first-order valence-electron chi connectivity index (χ1n) is 6.43. The average Bonchev–Trinajstić information content (AvgIpc) is 3.02. The van der Waals surface area contributed by atoms with Crippen molar-refractivity contribution in [2.24, 2.45) is 0 Å². The molecule has 0 saturated carbocycles. The molecular formula is C13H19N3S2. The molecular weight excluding hydrogens is 262 g/mol. The van der Waals surface area contributed by atoms with Crippen LogP contribution in [0, 0.1) is 0 Å². The summed E-state index contributed by atoms with van der Waals surface area (Å²) in [5, 5.41) is 12.2. The number of rotatable bonds is 7. The van der Waals surface area contributed by atoms with Gasteiger partial charge in [0.1, 0.15) is 0 Å². The maximum atomic E-state index is 4.28. The van der Waals surface area contributed by atoms with E-state index in [0.29, 0.717) is 0 Å². The Morgan fingerprint density at radius 1 is 1.33 bits per heavy atom. The van der Waals surface area contributed by atoms with Crippen molar-refractivity contribution < 1.29 is 0 Å². The molecule has 18 heavy (non-hydrogen) atoms. The molecule has 0 fully saturated rings. The topological polar surface area (TPSA) is 37.8 Å². The summed E-state index contributed by atoms with van der Waals surface area (Å²) in [5.41, 5.74) is 2.49. The summed E-state index contributed by atoms with van der Waals surface area (Å²) in [6, 6.07) is 2.45. The Morgan fingerprint density at radius 2 is 2.22 bits per heavy atom. The van der Waals surface area contributed by atoms with Gasteiger partial charge < -0.3 is 5.32 Å². The van der Waals surface area contributed by atoms with Gasteiger partial charge in [-0.2, -0.15) is 11.3 Å². The van der Waals surface area contributed by atoms with Crippen molar-refractivity contribution >= 4 is 22.9 Å². The summed E-state index contributed by atoms with van der Waals surface area (Å²) >= 11 is 3.27. The number of hydrogen-bond donors (Lipinski definition) is 1. The van der Waals surface area contributed by atoms with Crippen molar-refractivity contribution in [3.05, 3.63) is 33.0 Å². The molecule has 0 spiro atoms. The van der Waals surface area contributed by atoms with Crippen LogP contribution in [-0.4, -0.2) is 16.1 Å². The zero-order valence-corrected chi connectivity index (χ0v) is 12.5. The predicted octanol–water partition coefficient (Wildman–Crippen LogP) is 3.64. The highest BCUT2D eigenvalue weighted by Gasteiger charge is 2.20. The maximum Gasteiger partial charge on any atom is 0.0807 e. The first-order chi connectivity index (χ1) is 8.86. The number of hydrogen-bond acceptors (Lipinski definition) is 5. The molecule has 5 heteroatoms. The van der Waals surface area contributed by atoms with Crippen LogP contribution in [0.5, 0.6) is 0 Å². The molecule has 0 aliphatic heterocycles. The highest BCUT2D eigenvalue weighted by atomic mass is 32.1. The second kappa shape index (κ2) is 6.97. The van der Waals surface area contributed by atoms with E-state index in [9.17, 15) is 0 Å². The van der Waals surface area contributed by atoms with Crippen molar-refractivity contribution in [3.8, 4) is 0 Å². The van der Waals surface area contributed by atoms with Crippen molar-refractivity contribution in [1.82, 2.24) is 14.9 Å². The van der Waals surface area contributed by atoms with Crippen molar-refractivity contribution in [1.29, 1.82) is 0 Å². The van der Waals surface area contributed by atoms with Crippen LogP contribution < -0.4 is 5.32 Å².